The Morgan fingerprint density at radius 2 is 1.78 bits per heavy atom. The number of anilines is 1. The average Bonchev–Trinajstić information content (AvgIpc) is 3.58. The molecule has 7 rings (SSSR count). The predicted molar refractivity (Wildman–Crippen MR) is 181 cm³/mol. The van der Waals surface area contributed by atoms with E-state index < -0.39 is 30.6 Å². The smallest absolute Gasteiger partial charge is 0.415 e. The highest BCUT2D eigenvalue weighted by molar-refractivity contribution is 7.14. The van der Waals surface area contributed by atoms with Crippen molar-refractivity contribution in [3.05, 3.63) is 104 Å². The summed E-state index contributed by atoms with van der Waals surface area (Å²) in [5.74, 6) is -1.24. The molecule has 0 spiro atoms. The van der Waals surface area contributed by atoms with Crippen LogP contribution >= 0.6 is 34.5 Å². The summed E-state index contributed by atoms with van der Waals surface area (Å²) in [6.07, 6.45) is 3.00. The van der Waals surface area contributed by atoms with E-state index in [-0.39, 0.29) is 47.1 Å². The maximum Gasteiger partial charge on any atom is 0.415 e. The Morgan fingerprint density at radius 3 is 2.44 bits per heavy atom. The summed E-state index contributed by atoms with van der Waals surface area (Å²) < 4.78 is 62.8. The number of esters is 1. The van der Waals surface area contributed by atoms with Gasteiger partial charge in [0.25, 0.3) is 0 Å². The van der Waals surface area contributed by atoms with Crippen LogP contribution in [0.1, 0.15) is 44.6 Å². The van der Waals surface area contributed by atoms with E-state index in [2.05, 4.69) is 14.6 Å². The summed E-state index contributed by atoms with van der Waals surface area (Å²) in [7, 11) is 1.30. The number of piperidine rings is 3. The molecule has 3 aliphatic heterocycles. The van der Waals surface area contributed by atoms with Crippen molar-refractivity contribution in [1.82, 2.24) is 4.90 Å². The van der Waals surface area contributed by atoms with E-state index in [0.29, 0.717) is 32.6 Å². The molecule has 15 heteroatoms. The molecule has 2 atom stereocenters. The maximum absolute atomic E-state index is 15.0. The summed E-state index contributed by atoms with van der Waals surface area (Å²) in [5.41, 5.74) is 0.930. The summed E-state index contributed by atoms with van der Waals surface area (Å²) in [5, 5.41) is 0.583. The summed E-state index contributed by atoms with van der Waals surface area (Å²) >= 11 is 13.9. The molecule has 264 valence electrons. The lowest BCUT2D eigenvalue weighted by Crippen LogP contribution is -2.53. The second kappa shape index (κ2) is 15.9. The first kappa shape index (κ1) is 35.8. The second-order valence-electron chi connectivity index (χ2n) is 11.9. The van der Waals surface area contributed by atoms with Gasteiger partial charge in [-0.15, -0.1) is 11.3 Å². The molecule has 1 amide bonds. The lowest BCUT2D eigenvalue weighted by molar-refractivity contribution is -0.377. The zero-order chi connectivity index (χ0) is 35.4. The normalized spacial score (nSPS) is 18.8. The van der Waals surface area contributed by atoms with Crippen LogP contribution in [0, 0.1) is 11.7 Å². The van der Waals surface area contributed by atoms with Gasteiger partial charge in [0, 0.05) is 23.4 Å². The Bertz CT molecular complexity index is 1820. The fourth-order valence-electron chi connectivity index (χ4n) is 6.23. The molecule has 3 aliphatic rings. The number of ether oxygens (including phenoxy) is 4. The highest BCUT2D eigenvalue weighted by Crippen LogP contribution is 2.37. The van der Waals surface area contributed by atoms with Crippen LogP contribution in [0.3, 0.4) is 0 Å². The first-order chi connectivity index (χ1) is 24.1. The lowest BCUT2D eigenvalue weighted by Gasteiger charge is -2.44. The zero-order valence-electron chi connectivity index (χ0n) is 26.8. The van der Waals surface area contributed by atoms with Crippen molar-refractivity contribution in [2.45, 2.75) is 44.6 Å². The number of nitrogens with one attached hydrogen (secondary N) is 1. The molecule has 3 fully saturated rings. The number of methoxy groups -OCH3 is 1. The number of carbonyl (C=O) groups excluding carboxylic acids is 2. The van der Waals surface area contributed by atoms with Crippen LogP contribution in [0.25, 0.3) is 0 Å². The van der Waals surface area contributed by atoms with E-state index >= 15 is 4.39 Å². The number of thiophene rings is 1. The third kappa shape index (κ3) is 8.28. The van der Waals surface area contributed by atoms with Crippen molar-refractivity contribution >= 4 is 52.3 Å². The van der Waals surface area contributed by atoms with Gasteiger partial charge in [-0.05, 0) is 73.8 Å². The minimum atomic E-state index is -3.08. The van der Waals surface area contributed by atoms with Gasteiger partial charge in [0.15, 0.2) is 23.9 Å². The van der Waals surface area contributed by atoms with E-state index in [9.17, 15) is 18.4 Å². The van der Waals surface area contributed by atoms with E-state index in [1.165, 1.54) is 60.8 Å². The van der Waals surface area contributed by atoms with Crippen molar-refractivity contribution in [1.29, 1.82) is 0 Å². The van der Waals surface area contributed by atoms with Crippen LogP contribution in [0.2, 0.25) is 10.0 Å². The summed E-state index contributed by atoms with van der Waals surface area (Å²) in [6.45, 7) is -0.549. The van der Waals surface area contributed by atoms with Crippen molar-refractivity contribution in [3.63, 3.8) is 0 Å². The minimum Gasteiger partial charge on any atom is -0.493 e. The molecular formula is C35H33Cl2F3N3O6S+. The van der Waals surface area contributed by atoms with Gasteiger partial charge in [-0.2, -0.15) is 8.78 Å². The quantitative estimate of drug-likeness (QED) is 0.136. The van der Waals surface area contributed by atoms with Crippen molar-refractivity contribution in [2.24, 2.45) is 5.92 Å². The Balaban J connectivity index is 1.23. The van der Waals surface area contributed by atoms with Gasteiger partial charge in [0.05, 0.1) is 19.3 Å². The molecule has 9 nitrogen and oxygen atoms in total. The molecule has 0 radical (unpaired) electrons. The highest BCUT2D eigenvalue weighted by Gasteiger charge is 2.38. The molecule has 50 heavy (non-hydrogen) atoms. The Labute approximate surface area is 300 Å². The Hall–Kier alpha value is -4.04. The molecule has 0 saturated carbocycles. The molecule has 0 unspecified atom stereocenters. The zero-order valence-corrected chi connectivity index (χ0v) is 29.1. The number of fused-ring (bicyclic) bond motifs is 3. The monoisotopic (exact) mass is 750 g/mol. The number of amides is 1. The van der Waals surface area contributed by atoms with Crippen LogP contribution in [0.5, 0.6) is 11.5 Å². The molecule has 3 saturated heterocycles. The van der Waals surface area contributed by atoms with Crippen molar-refractivity contribution in [3.8, 4) is 11.5 Å². The fraction of sp³-hybridized carbons (Fsp3) is 0.343. The molecule has 1 N–H and O–H groups in total. The number of hydrogen-bond donors (Lipinski definition) is 0. The number of para-hydroxylation sites is 1. The van der Waals surface area contributed by atoms with E-state index in [4.69, 9.17) is 37.4 Å². The van der Waals surface area contributed by atoms with Gasteiger partial charge >= 0.3 is 18.7 Å². The third-order valence-corrected chi connectivity index (χ3v) is 10.5. The van der Waals surface area contributed by atoms with Crippen LogP contribution < -0.4 is 19.4 Å². The molecular weight excluding hydrogens is 718 g/mol. The Morgan fingerprint density at radius 1 is 1.04 bits per heavy atom. The minimum absolute atomic E-state index is 0.000729. The molecule has 0 aliphatic carbocycles. The van der Waals surface area contributed by atoms with E-state index in [0.717, 1.165) is 37.3 Å². The number of nitrogens with zero attached hydrogens (tertiary/aromatic N) is 2. The Kier molecular flexibility index (Phi) is 11.4. The predicted octanol–water partition coefficient (Wildman–Crippen LogP) is 8.00. The molecule has 2 bridgehead atoms. The number of benzene rings is 2. The van der Waals surface area contributed by atoms with Gasteiger partial charge in [-0.25, -0.2) is 19.0 Å². The standard InChI is InChI=1S/C35H32Cl2F3N3O6S/c1-46-30-14-21(6-8-28(30)48-34(39)40)29(15-23-24(36)16-41-17-25(23)37)47-33(44)32-9-7-22(50-32)18-43(27-5-3-2-4-26(27)38)35(45)49-31-19-42-12-10-20(31)11-13-42/h2-9,14,16-17,20,29,31,34H,10-13,15,18-19H2,1H3/p+1/t29-,31-/m0/s1. The van der Waals surface area contributed by atoms with Crippen molar-refractivity contribution < 1.29 is 46.7 Å². The molecule has 4 aromatic rings. The maximum atomic E-state index is 15.0. The first-order valence-corrected chi connectivity index (χ1v) is 17.4. The molecule has 2 aromatic heterocycles. The number of aromatic amines is 1. The number of aromatic nitrogens is 1. The molecule has 2 aromatic carbocycles. The van der Waals surface area contributed by atoms with Gasteiger partial charge in [0.1, 0.15) is 32.9 Å². The van der Waals surface area contributed by atoms with E-state index in [1.807, 2.05) is 0 Å². The van der Waals surface area contributed by atoms with Crippen LogP contribution in [0.15, 0.2) is 67.0 Å². The highest BCUT2D eigenvalue weighted by atomic mass is 35.5. The van der Waals surface area contributed by atoms with Crippen LogP contribution in [0.4, 0.5) is 23.7 Å². The number of halogens is 5. The number of pyridine rings is 1. The third-order valence-electron chi connectivity index (χ3n) is 8.80. The average molecular weight is 752 g/mol. The van der Waals surface area contributed by atoms with Crippen molar-refractivity contribution in [2.75, 3.05) is 31.6 Å². The number of H-pyrrole nitrogens is 1. The van der Waals surface area contributed by atoms with Gasteiger partial charge in [0.2, 0.25) is 0 Å². The van der Waals surface area contributed by atoms with Crippen LogP contribution in [-0.4, -0.2) is 56.4 Å². The van der Waals surface area contributed by atoms with Gasteiger partial charge in [-0.1, -0.05) is 41.4 Å². The fourth-order valence-corrected chi connectivity index (χ4v) is 7.65. The molecule has 5 heterocycles. The van der Waals surface area contributed by atoms with Crippen LogP contribution in [-0.2, 0) is 22.4 Å². The largest absolute Gasteiger partial charge is 0.493 e. The number of alkyl halides is 2. The van der Waals surface area contributed by atoms with Gasteiger partial charge < -0.3 is 18.9 Å². The lowest BCUT2D eigenvalue weighted by atomic mass is 9.86. The van der Waals surface area contributed by atoms with Gasteiger partial charge in [-0.3, -0.25) is 9.80 Å². The summed E-state index contributed by atoms with van der Waals surface area (Å²) in [4.78, 5) is 34.3. The van der Waals surface area contributed by atoms with E-state index in [1.54, 1.807) is 18.2 Å². The number of hydrogen-bond acceptors (Lipinski definition) is 8. The SMILES string of the molecule is COc1cc([C@H](Cc2c(Cl)c[nH+]cc2Cl)OC(=O)c2ccc(CN(C(=O)O[C@H]3CN4CCC3CC4)c3ccccc3F)s2)ccc1OC(F)F. The number of carbonyl (C=O) groups is 2. The number of rotatable bonds is 12. The first-order valence-electron chi connectivity index (χ1n) is 15.8. The summed E-state index contributed by atoms with van der Waals surface area (Å²) in [6, 6.07) is 13.3. The topological polar surface area (TPSA) is 91.7 Å². The second-order valence-corrected chi connectivity index (χ2v) is 13.9.